The molecule has 1 aromatic rings. The van der Waals surface area contributed by atoms with E-state index >= 15 is 0 Å². The van der Waals surface area contributed by atoms with Gasteiger partial charge in [-0.2, -0.15) is 0 Å². The van der Waals surface area contributed by atoms with Crippen LogP contribution < -0.4 is 5.73 Å². The second-order valence-electron chi connectivity index (χ2n) is 4.52. The Morgan fingerprint density at radius 3 is 3.00 bits per heavy atom. The third kappa shape index (κ3) is 2.37. The van der Waals surface area contributed by atoms with Crippen molar-refractivity contribution >= 4 is 5.97 Å². The fourth-order valence-electron chi connectivity index (χ4n) is 2.52. The van der Waals surface area contributed by atoms with Gasteiger partial charge in [-0.25, -0.2) is 9.48 Å². The highest BCUT2D eigenvalue weighted by atomic mass is 16.5. The maximum Gasteiger partial charge on any atom is 0.358 e. The van der Waals surface area contributed by atoms with Gasteiger partial charge < -0.3 is 15.6 Å². The van der Waals surface area contributed by atoms with E-state index in [0.717, 1.165) is 25.7 Å². The van der Waals surface area contributed by atoms with Crippen molar-refractivity contribution in [2.24, 2.45) is 5.73 Å². The molecule has 1 aliphatic carbocycles. The van der Waals surface area contributed by atoms with Crippen LogP contribution in [0.2, 0.25) is 0 Å². The van der Waals surface area contributed by atoms with Gasteiger partial charge in [0.15, 0.2) is 5.69 Å². The average Bonchev–Trinajstić information content (AvgIpc) is 2.82. The summed E-state index contributed by atoms with van der Waals surface area (Å²) in [6.45, 7) is 0.128. The number of methoxy groups -OCH3 is 1. The number of ether oxygens (including phenoxy) is 1. The molecule has 0 saturated heterocycles. The molecule has 2 unspecified atom stereocenters. The van der Waals surface area contributed by atoms with Crippen LogP contribution in [0, 0.1) is 0 Å². The number of carbonyl (C=O) groups is 1. The molecule has 2 rings (SSSR count). The Hall–Kier alpha value is -1.47. The number of hydrogen-bond donors (Lipinski definition) is 2. The van der Waals surface area contributed by atoms with Gasteiger partial charge in [0.05, 0.1) is 17.8 Å². The van der Waals surface area contributed by atoms with Gasteiger partial charge in [0, 0.05) is 13.7 Å². The van der Waals surface area contributed by atoms with Crippen molar-refractivity contribution in [2.45, 2.75) is 44.4 Å². The van der Waals surface area contributed by atoms with Gasteiger partial charge in [-0.15, -0.1) is 5.10 Å². The Labute approximate surface area is 105 Å². The summed E-state index contributed by atoms with van der Waals surface area (Å²) in [6.07, 6.45) is 4.05. The van der Waals surface area contributed by atoms with Crippen molar-refractivity contribution in [3.05, 3.63) is 11.4 Å². The molecule has 1 aliphatic rings. The van der Waals surface area contributed by atoms with Crippen LogP contribution in [-0.2, 0) is 11.3 Å². The minimum absolute atomic E-state index is 0.0444. The Morgan fingerprint density at radius 1 is 1.61 bits per heavy atom. The second-order valence-corrected chi connectivity index (χ2v) is 4.52. The van der Waals surface area contributed by atoms with Gasteiger partial charge in [0.2, 0.25) is 0 Å². The third-order valence-electron chi connectivity index (χ3n) is 3.46. The molecule has 7 heteroatoms. The molecule has 1 aromatic heterocycles. The molecule has 18 heavy (non-hydrogen) atoms. The molecule has 0 aliphatic heterocycles. The van der Waals surface area contributed by atoms with Crippen LogP contribution in [-0.4, -0.2) is 39.3 Å². The van der Waals surface area contributed by atoms with Gasteiger partial charge in [-0.1, -0.05) is 5.21 Å². The van der Waals surface area contributed by atoms with Crippen LogP contribution in [0.15, 0.2) is 0 Å². The zero-order chi connectivity index (χ0) is 13.1. The molecule has 2 atom stereocenters. The Kier molecular flexibility index (Phi) is 3.93. The van der Waals surface area contributed by atoms with E-state index in [1.807, 2.05) is 0 Å². The topological polar surface area (TPSA) is 103 Å². The van der Waals surface area contributed by atoms with E-state index in [1.54, 1.807) is 11.8 Å². The number of rotatable bonds is 4. The summed E-state index contributed by atoms with van der Waals surface area (Å²) < 4.78 is 7.02. The lowest BCUT2D eigenvalue weighted by molar-refractivity contribution is 0.0499. The number of aromatic nitrogens is 3. The summed E-state index contributed by atoms with van der Waals surface area (Å²) in [5.74, 6) is -1.08. The van der Waals surface area contributed by atoms with Crippen molar-refractivity contribution in [1.82, 2.24) is 15.0 Å². The molecular weight excluding hydrogens is 236 g/mol. The van der Waals surface area contributed by atoms with Crippen molar-refractivity contribution in [3.63, 3.8) is 0 Å². The average molecular weight is 254 g/mol. The lowest BCUT2D eigenvalue weighted by Gasteiger charge is -2.28. The van der Waals surface area contributed by atoms with Gasteiger partial charge in [-0.05, 0) is 25.7 Å². The minimum Gasteiger partial charge on any atom is -0.476 e. The van der Waals surface area contributed by atoms with Crippen molar-refractivity contribution in [1.29, 1.82) is 0 Å². The summed E-state index contributed by atoms with van der Waals surface area (Å²) in [7, 11) is 1.70. The molecule has 7 nitrogen and oxygen atoms in total. The first-order valence-electron chi connectivity index (χ1n) is 6.07. The fourth-order valence-corrected chi connectivity index (χ4v) is 2.52. The van der Waals surface area contributed by atoms with Gasteiger partial charge in [0.25, 0.3) is 0 Å². The minimum atomic E-state index is -1.08. The van der Waals surface area contributed by atoms with E-state index in [1.165, 1.54) is 0 Å². The lowest BCUT2D eigenvalue weighted by atomic mass is 9.93. The molecular formula is C11H18N4O3. The molecule has 0 radical (unpaired) electrons. The first kappa shape index (κ1) is 13.0. The third-order valence-corrected chi connectivity index (χ3v) is 3.46. The predicted octanol–water partition coefficient (Wildman–Crippen LogP) is 0.565. The van der Waals surface area contributed by atoms with Gasteiger partial charge in [-0.3, -0.25) is 0 Å². The van der Waals surface area contributed by atoms with Crippen LogP contribution in [0.4, 0.5) is 0 Å². The smallest absolute Gasteiger partial charge is 0.358 e. The molecule has 3 N–H and O–H groups in total. The first-order chi connectivity index (χ1) is 8.67. The molecule has 1 saturated carbocycles. The second kappa shape index (κ2) is 5.45. The van der Waals surface area contributed by atoms with Crippen molar-refractivity contribution < 1.29 is 14.6 Å². The van der Waals surface area contributed by atoms with Crippen LogP contribution in [0.25, 0.3) is 0 Å². The number of nitrogens with zero attached hydrogens (tertiary/aromatic N) is 3. The number of carboxylic acid groups (broad SMARTS) is 1. The van der Waals surface area contributed by atoms with Crippen molar-refractivity contribution in [2.75, 3.05) is 7.11 Å². The molecule has 0 bridgehead atoms. The Balaban J connectivity index is 2.24. The standard InChI is InChI=1S/C11H18N4O3/c1-18-8-4-2-3-7(5-8)15-9(6-12)10(11(16)17)13-14-15/h7-8H,2-6,12H2,1H3,(H,16,17). The summed E-state index contributed by atoms with van der Waals surface area (Å²) >= 11 is 0. The van der Waals surface area contributed by atoms with Crippen LogP contribution in [0.3, 0.4) is 0 Å². The monoisotopic (exact) mass is 254 g/mol. The molecule has 100 valence electrons. The van der Waals surface area contributed by atoms with E-state index < -0.39 is 5.97 Å². The zero-order valence-corrected chi connectivity index (χ0v) is 10.4. The zero-order valence-electron chi connectivity index (χ0n) is 10.4. The number of aromatic carboxylic acids is 1. The van der Waals surface area contributed by atoms with E-state index in [9.17, 15) is 4.79 Å². The molecule has 1 fully saturated rings. The summed E-state index contributed by atoms with van der Waals surface area (Å²) in [5.41, 5.74) is 6.06. The first-order valence-corrected chi connectivity index (χ1v) is 6.07. The molecule has 0 spiro atoms. The highest BCUT2D eigenvalue weighted by molar-refractivity contribution is 5.86. The van der Waals surface area contributed by atoms with E-state index in [4.69, 9.17) is 15.6 Å². The summed E-state index contributed by atoms with van der Waals surface area (Å²) in [6, 6.07) is 0.128. The van der Waals surface area contributed by atoms with E-state index in [0.29, 0.717) is 5.69 Å². The number of hydrogen-bond acceptors (Lipinski definition) is 5. The summed E-state index contributed by atoms with van der Waals surface area (Å²) in [5, 5.41) is 16.7. The highest BCUT2D eigenvalue weighted by Gasteiger charge is 2.28. The van der Waals surface area contributed by atoms with Crippen molar-refractivity contribution in [3.8, 4) is 0 Å². The predicted molar refractivity (Wildman–Crippen MR) is 63.2 cm³/mol. The van der Waals surface area contributed by atoms with Gasteiger partial charge >= 0.3 is 5.97 Å². The molecule has 1 heterocycles. The van der Waals surface area contributed by atoms with Crippen LogP contribution >= 0.6 is 0 Å². The fraction of sp³-hybridized carbons (Fsp3) is 0.727. The van der Waals surface area contributed by atoms with Crippen LogP contribution in [0.5, 0.6) is 0 Å². The largest absolute Gasteiger partial charge is 0.476 e. The quantitative estimate of drug-likeness (QED) is 0.814. The SMILES string of the molecule is COC1CCCC(n2nnc(C(=O)O)c2CN)C1. The van der Waals surface area contributed by atoms with Crippen LogP contribution in [0.1, 0.15) is 47.9 Å². The highest BCUT2D eigenvalue weighted by Crippen LogP contribution is 2.30. The Bertz CT molecular complexity index is 432. The summed E-state index contributed by atoms with van der Waals surface area (Å²) in [4.78, 5) is 11.0. The molecule has 0 amide bonds. The molecule has 0 aromatic carbocycles. The lowest BCUT2D eigenvalue weighted by Crippen LogP contribution is -2.26. The number of carboxylic acids is 1. The van der Waals surface area contributed by atoms with E-state index in [2.05, 4.69) is 10.3 Å². The number of nitrogens with two attached hydrogens (primary N) is 1. The maximum absolute atomic E-state index is 11.0. The normalized spacial score (nSPS) is 24.1. The van der Waals surface area contributed by atoms with Gasteiger partial charge in [0.1, 0.15) is 0 Å². The Morgan fingerprint density at radius 2 is 2.39 bits per heavy atom. The maximum atomic E-state index is 11.0. The van der Waals surface area contributed by atoms with E-state index in [-0.39, 0.29) is 24.4 Å².